The van der Waals surface area contributed by atoms with E-state index in [-0.39, 0.29) is 11.9 Å². The molecule has 1 aromatic carbocycles. The molecule has 2 N–H and O–H groups in total. The van der Waals surface area contributed by atoms with Crippen LogP contribution in [0, 0.1) is 0 Å². The number of amides is 1. The van der Waals surface area contributed by atoms with Crippen LogP contribution in [-0.2, 0) is 9.53 Å². The average molecular weight is 278 g/mol. The second-order valence-corrected chi connectivity index (χ2v) is 4.85. The average Bonchev–Trinajstić information content (AvgIpc) is 2.66. The predicted molar refractivity (Wildman–Crippen MR) is 78.1 cm³/mol. The number of anilines is 1. The maximum Gasteiger partial charge on any atom is 0.242 e. The van der Waals surface area contributed by atoms with Gasteiger partial charge in [0.1, 0.15) is 18.4 Å². The van der Waals surface area contributed by atoms with Crippen LogP contribution in [0.3, 0.4) is 0 Å². The Morgan fingerprint density at radius 1 is 1.25 bits per heavy atom. The van der Waals surface area contributed by atoms with E-state index in [0.29, 0.717) is 13.2 Å². The lowest BCUT2D eigenvalue weighted by Gasteiger charge is -2.16. The Hall–Kier alpha value is -1.75. The topological polar surface area (TPSA) is 59.6 Å². The van der Waals surface area contributed by atoms with Crippen molar-refractivity contribution in [1.29, 1.82) is 0 Å². The highest BCUT2D eigenvalue weighted by Gasteiger charge is 2.19. The molecule has 1 aliphatic rings. The van der Waals surface area contributed by atoms with Gasteiger partial charge >= 0.3 is 0 Å². The summed E-state index contributed by atoms with van der Waals surface area (Å²) < 4.78 is 10.4. The molecule has 0 bridgehead atoms. The molecule has 5 heteroatoms. The van der Waals surface area contributed by atoms with E-state index in [9.17, 15) is 4.79 Å². The minimum atomic E-state index is -0.141. The van der Waals surface area contributed by atoms with E-state index in [2.05, 4.69) is 10.6 Å². The molecule has 0 aromatic heterocycles. The predicted octanol–water partition coefficient (Wildman–Crippen LogP) is 1.79. The van der Waals surface area contributed by atoms with Crippen molar-refractivity contribution in [3.63, 3.8) is 0 Å². The van der Waals surface area contributed by atoms with Gasteiger partial charge in [-0.05, 0) is 43.5 Å². The van der Waals surface area contributed by atoms with Crippen molar-refractivity contribution in [3.8, 4) is 5.75 Å². The number of nitrogens with one attached hydrogen (secondary N) is 2. The number of rotatable bonds is 6. The lowest BCUT2D eigenvalue weighted by Crippen LogP contribution is -2.37. The van der Waals surface area contributed by atoms with Crippen LogP contribution >= 0.6 is 0 Å². The molecule has 0 radical (unpaired) electrons. The zero-order chi connectivity index (χ0) is 14.2. The molecule has 1 aliphatic heterocycles. The van der Waals surface area contributed by atoms with Crippen LogP contribution < -0.4 is 15.4 Å². The van der Waals surface area contributed by atoms with Crippen molar-refractivity contribution in [2.75, 3.05) is 32.2 Å². The summed E-state index contributed by atoms with van der Waals surface area (Å²) in [7, 11) is 1.65. The van der Waals surface area contributed by atoms with Crippen LogP contribution in [-0.4, -0.2) is 38.8 Å². The van der Waals surface area contributed by atoms with Crippen molar-refractivity contribution in [2.24, 2.45) is 0 Å². The number of carbonyl (C=O) groups excluding carboxylic acids is 1. The van der Waals surface area contributed by atoms with Gasteiger partial charge in [-0.3, -0.25) is 4.79 Å². The molecule has 1 amide bonds. The maximum atomic E-state index is 11.8. The minimum Gasteiger partial charge on any atom is -0.491 e. The van der Waals surface area contributed by atoms with E-state index >= 15 is 0 Å². The van der Waals surface area contributed by atoms with Gasteiger partial charge in [0.25, 0.3) is 0 Å². The first kappa shape index (κ1) is 14.7. The second-order valence-electron chi connectivity index (χ2n) is 4.85. The Labute approximate surface area is 119 Å². The summed E-state index contributed by atoms with van der Waals surface area (Å²) in [4.78, 5) is 11.8. The van der Waals surface area contributed by atoms with Gasteiger partial charge in [-0.2, -0.15) is 0 Å². The molecule has 0 spiro atoms. The molecule has 0 saturated carbocycles. The van der Waals surface area contributed by atoms with Gasteiger partial charge in [0, 0.05) is 19.3 Å². The van der Waals surface area contributed by atoms with E-state index in [0.717, 1.165) is 37.2 Å². The molecule has 20 heavy (non-hydrogen) atoms. The Balaban J connectivity index is 1.87. The fourth-order valence-corrected chi connectivity index (χ4v) is 2.17. The summed E-state index contributed by atoms with van der Waals surface area (Å²) in [6, 6.07) is 7.51. The Bertz CT molecular complexity index is 420. The van der Waals surface area contributed by atoms with Crippen LogP contribution in [0.5, 0.6) is 5.75 Å². The molecular weight excluding hydrogens is 256 g/mol. The van der Waals surface area contributed by atoms with Gasteiger partial charge < -0.3 is 20.1 Å². The number of benzene rings is 1. The van der Waals surface area contributed by atoms with Crippen LogP contribution in [0.15, 0.2) is 24.3 Å². The molecule has 0 aliphatic carbocycles. The quantitative estimate of drug-likeness (QED) is 0.779. The van der Waals surface area contributed by atoms with E-state index in [4.69, 9.17) is 9.47 Å². The molecule has 110 valence electrons. The first-order chi connectivity index (χ1) is 9.79. The molecule has 5 nitrogen and oxygen atoms in total. The molecular formula is C15H22N2O3. The minimum absolute atomic E-state index is 0.0860. The maximum absolute atomic E-state index is 11.8. The number of hydrogen-bond donors (Lipinski definition) is 2. The van der Waals surface area contributed by atoms with Crippen LogP contribution in [0.25, 0.3) is 0 Å². The van der Waals surface area contributed by atoms with Gasteiger partial charge in [0.2, 0.25) is 5.91 Å². The van der Waals surface area contributed by atoms with Crippen molar-refractivity contribution in [3.05, 3.63) is 24.3 Å². The third-order valence-electron chi connectivity index (χ3n) is 3.29. The zero-order valence-corrected chi connectivity index (χ0v) is 11.9. The Morgan fingerprint density at radius 2 is 2.05 bits per heavy atom. The van der Waals surface area contributed by atoms with Crippen molar-refractivity contribution >= 4 is 11.6 Å². The van der Waals surface area contributed by atoms with Gasteiger partial charge in [0.15, 0.2) is 0 Å². The largest absolute Gasteiger partial charge is 0.491 e. The molecule has 1 atom stereocenters. The lowest BCUT2D eigenvalue weighted by molar-refractivity contribution is -0.121. The molecule has 2 rings (SSSR count). The summed E-state index contributed by atoms with van der Waals surface area (Å²) in [6.45, 7) is 1.89. The monoisotopic (exact) mass is 278 g/mol. The highest BCUT2D eigenvalue weighted by molar-refractivity contribution is 5.84. The first-order valence-corrected chi connectivity index (χ1v) is 7.05. The molecule has 1 heterocycles. The second kappa shape index (κ2) is 7.75. The van der Waals surface area contributed by atoms with E-state index in [1.807, 2.05) is 24.3 Å². The summed E-state index contributed by atoms with van der Waals surface area (Å²) in [6.07, 6.45) is 2.99. The normalized spacial score (nSPS) is 19.1. The van der Waals surface area contributed by atoms with Crippen LogP contribution in [0.2, 0.25) is 0 Å². The summed E-state index contributed by atoms with van der Waals surface area (Å²) in [5.74, 6) is 0.890. The third kappa shape index (κ3) is 4.42. The first-order valence-electron chi connectivity index (χ1n) is 7.05. The van der Waals surface area contributed by atoms with E-state index < -0.39 is 0 Å². The Kier molecular flexibility index (Phi) is 5.68. The van der Waals surface area contributed by atoms with Gasteiger partial charge in [-0.25, -0.2) is 0 Å². The van der Waals surface area contributed by atoms with E-state index in [1.165, 1.54) is 0 Å². The van der Waals surface area contributed by atoms with E-state index in [1.54, 1.807) is 7.11 Å². The fraction of sp³-hybridized carbons (Fsp3) is 0.533. The van der Waals surface area contributed by atoms with Crippen molar-refractivity contribution < 1.29 is 14.3 Å². The summed E-state index contributed by atoms with van der Waals surface area (Å²) in [5, 5.41) is 6.19. The third-order valence-corrected chi connectivity index (χ3v) is 3.29. The van der Waals surface area contributed by atoms with Gasteiger partial charge in [-0.1, -0.05) is 0 Å². The van der Waals surface area contributed by atoms with Crippen LogP contribution in [0.1, 0.15) is 19.3 Å². The van der Waals surface area contributed by atoms with Gasteiger partial charge in [0.05, 0.1) is 6.61 Å². The smallest absolute Gasteiger partial charge is 0.242 e. The molecule has 1 aromatic rings. The molecule has 1 saturated heterocycles. The highest BCUT2D eigenvalue weighted by Crippen LogP contribution is 2.18. The molecule has 0 unspecified atom stereocenters. The fourth-order valence-electron chi connectivity index (χ4n) is 2.17. The lowest BCUT2D eigenvalue weighted by atomic mass is 10.1. The van der Waals surface area contributed by atoms with Gasteiger partial charge in [-0.15, -0.1) is 0 Å². The summed E-state index contributed by atoms with van der Waals surface area (Å²) in [5.41, 5.74) is 0.936. The van der Waals surface area contributed by atoms with Crippen molar-refractivity contribution in [2.45, 2.75) is 25.3 Å². The number of ether oxygens (including phenoxy) is 2. The van der Waals surface area contributed by atoms with Crippen molar-refractivity contribution in [1.82, 2.24) is 5.32 Å². The van der Waals surface area contributed by atoms with Crippen LogP contribution in [0.4, 0.5) is 5.69 Å². The summed E-state index contributed by atoms with van der Waals surface area (Å²) >= 11 is 0. The number of methoxy groups -OCH3 is 1. The zero-order valence-electron chi connectivity index (χ0n) is 11.9. The Morgan fingerprint density at radius 3 is 2.80 bits per heavy atom. The number of carbonyl (C=O) groups is 1. The highest BCUT2D eigenvalue weighted by atomic mass is 16.5. The number of hydrogen-bond acceptors (Lipinski definition) is 4. The molecule has 1 fully saturated rings. The SMILES string of the molecule is COCCOc1ccc(N[C@@H]2CCCCNC2=O)cc1. The standard InChI is InChI=1S/C15H22N2O3/c1-19-10-11-20-13-7-5-12(6-8-13)17-14-4-2-3-9-16-15(14)18/h5-8,14,17H,2-4,9-11H2,1H3,(H,16,18)/t14-/m1/s1.